The lowest BCUT2D eigenvalue weighted by molar-refractivity contribution is -0.132. The highest BCUT2D eigenvalue weighted by atomic mass is 35.5. The van der Waals surface area contributed by atoms with Crippen molar-refractivity contribution in [3.8, 4) is 0 Å². The molecule has 0 bridgehead atoms. The van der Waals surface area contributed by atoms with Gasteiger partial charge in [-0.2, -0.15) is 0 Å². The lowest BCUT2D eigenvalue weighted by atomic mass is 10.1. The summed E-state index contributed by atoms with van der Waals surface area (Å²) in [5.41, 5.74) is 1.13. The second kappa shape index (κ2) is 5.93. The largest absolute Gasteiger partial charge is 0.419 e. The number of rotatable bonds is 3. The van der Waals surface area contributed by atoms with Crippen LogP contribution in [0, 0.1) is 0 Å². The van der Waals surface area contributed by atoms with E-state index < -0.39 is 5.76 Å². The fraction of sp³-hybridized carbons (Fsp3) is 0.467. The molecule has 112 valence electrons. The van der Waals surface area contributed by atoms with Crippen LogP contribution < -0.4 is 5.76 Å². The van der Waals surface area contributed by atoms with Crippen molar-refractivity contribution in [3.05, 3.63) is 33.8 Å². The Hall–Kier alpha value is -1.75. The summed E-state index contributed by atoms with van der Waals surface area (Å²) in [7, 11) is 0. The van der Waals surface area contributed by atoms with E-state index in [9.17, 15) is 9.59 Å². The SMILES string of the molecule is O=C(CCn1c(=O)oc2cc(Cl)ccc21)N1CCCCC1. The van der Waals surface area contributed by atoms with Crippen LogP contribution in [-0.2, 0) is 11.3 Å². The van der Waals surface area contributed by atoms with Crippen molar-refractivity contribution in [2.24, 2.45) is 0 Å². The van der Waals surface area contributed by atoms with Crippen molar-refractivity contribution in [2.75, 3.05) is 13.1 Å². The van der Waals surface area contributed by atoms with E-state index in [1.54, 1.807) is 18.2 Å². The first-order chi connectivity index (χ1) is 10.1. The third-order valence-corrected chi connectivity index (χ3v) is 4.12. The molecule has 1 aromatic heterocycles. The summed E-state index contributed by atoms with van der Waals surface area (Å²) >= 11 is 5.88. The average molecular weight is 309 g/mol. The molecule has 1 fully saturated rings. The molecule has 0 N–H and O–H groups in total. The smallest absolute Gasteiger partial charge is 0.408 e. The highest BCUT2D eigenvalue weighted by Crippen LogP contribution is 2.19. The number of hydrogen-bond acceptors (Lipinski definition) is 3. The van der Waals surface area contributed by atoms with E-state index >= 15 is 0 Å². The molecule has 1 saturated heterocycles. The first-order valence-electron chi connectivity index (χ1n) is 7.22. The molecule has 1 aliphatic heterocycles. The number of hydrogen-bond donors (Lipinski definition) is 0. The van der Waals surface area contributed by atoms with Gasteiger partial charge in [-0.1, -0.05) is 11.6 Å². The van der Waals surface area contributed by atoms with Gasteiger partial charge >= 0.3 is 5.76 Å². The van der Waals surface area contributed by atoms with Crippen LogP contribution in [0.3, 0.4) is 0 Å². The molecule has 0 radical (unpaired) electrons. The number of amides is 1. The molecule has 1 aromatic carbocycles. The summed E-state index contributed by atoms with van der Waals surface area (Å²) in [6.07, 6.45) is 3.64. The van der Waals surface area contributed by atoms with E-state index in [1.807, 2.05) is 4.90 Å². The molecule has 0 spiro atoms. The van der Waals surface area contributed by atoms with Crippen LogP contribution in [0.15, 0.2) is 27.4 Å². The number of likely N-dealkylation sites (tertiary alicyclic amines) is 1. The van der Waals surface area contributed by atoms with E-state index in [1.165, 1.54) is 11.0 Å². The minimum Gasteiger partial charge on any atom is -0.408 e. The highest BCUT2D eigenvalue weighted by molar-refractivity contribution is 6.31. The zero-order chi connectivity index (χ0) is 14.8. The average Bonchev–Trinajstić information content (AvgIpc) is 2.80. The van der Waals surface area contributed by atoms with Crippen LogP contribution in [0.25, 0.3) is 11.1 Å². The maximum absolute atomic E-state index is 12.2. The summed E-state index contributed by atoms with van der Waals surface area (Å²) in [5, 5.41) is 0.521. The number of carbonyl (C=O) groups is 1. The maximum Gasteiger partial charge on any atom is 0.419 e. The Bertz CT molecular complexity index is 713. The Labute approximate surface area is 127 Å². The Morgan fingerprint density at radius 3 is 2.76 bits per heavy atom. The van der Waals surface area contributed by atoms with E-state index in [-0.39, 0.29) is 5.91 Å². The fourth-order valence-electron chi connectivity index (χ4n) is 2.76. The molecule has 0 aliphatic carbocycles. The molecule has 1 amide bonds. The van der Waals surface area contributed by atoms with E-state index in [0.717, 1.165) is 25.9 Å². The van der Waals surface area contributed by atoms with Crippen molar-refractivity contribution in [1.82, 2.24) is 9.47 Å². The molecule has 1 aliphatic rings. The van der Waals surface area contributed by atoms with Crippen LogP contribution in [0.4, 0.5) is 0 Å². The van der Waals surface area contributed by atoms with Gasteiger partial charge in [-0.05, 0) is 31.4 Å². The molecule has 3 rings (SSSR count). The number of aromatic nitrogens is 1. The van der Waals surface area contributed by atoms with E-state index in [2.05, 4.69) is 0 Å². The fourth-order valence-corrected chi connectivity index (χ4v) is 2.92. The normalized spacial score (nSPS) is 15.6. The number of aryl methyl sites for hydroxylation is 1. The molecule has 2 heterocycles. The molecule has 6 heteroatoms. The van der Waals surface area contributed by atoms with Gasteiger partial charge in [0.05, 0.1) is 5.52 Å². The maximum atomic E-state index is 12.2. The summed E-state index contributed by atoms with van der Waals surface area (Å²) in [6, 6.07) is 5.07. The van der Waals surface area contributed by atoms with Crippen LogP contribution in [0.1, 0.15) is 25.7 Å². The lowest BCUT2D eigenvalue weighted by Crippen LogP contribution is -2.36. The first-order valence-corrected chi connectivity index (χ1v) is 7.59. The summed E-state index contributed by atoms with van der Waals surface area (Å²) in [5.74, 6) is -0.344. The van der Waals surface area contributed by atoms with Crippen molar-refractivity contribution in [3.63, 3.8) is 0 Å². The predicted octanol–water partition coefficient (Wildman–Crippen LogP) is 2.65. The number of carbonyl (C=O) groups excluding carboxylic acids is 1. The third-order valence-electron chi connectivity index (χ3n) is 3.89. The Morgan fingerprint density at radius 1 is 1.24 bits per heavy atom. The first kappa shape index (κ1) is 14.2. The standard InChI is InChI=1S/C15H17ClN2O3/c16-11-4-5-12-13(10-11)21-15(20)18(12)9-6-14(19)17-7-2-1-3-8-17/h4-5,10H,1-3,6-9H2. The molecule has 2 aromatic rings. The summed E-state index contributed by atoms with van der Waals surface area (Å²) < 4.78 is 6.65. The lowest BCUT2D eigenvalue weighted by Gasteiger charge is -2.26. The Kier molecular flexibility index (Phi) is 4.01. The minimum atomic E-state index is -0.446. The van der Waals surface area contributed by atoms with Gasteiger partial charge in [-0.3, -0.25) is 9.36 Å². The molecular formula is C15H17ClN2O3. The van der Waals surface area contributed by atoms with E-state index in [4.69, 9.17) is 16.0 Å². The topological polar surface area (TPSA) is 55.5 Å². The molecule has 0 saturated carbocycles. The van der Waals surface area contributed by atoms with Gasteiger partial charge in [0.1, 0.15) is 0 Å². The minimum absolute atomic E-state index is 0.102. The van der Waals surface area contributed by atoms with Crippen LogP contribution in [0.5, 0.6) is 0 Å². The molecule has 0 atom stereocenters. The number of halogens is 1. The molecule has 5 nitrogen and oxygen atoms in total. The van der Waals surface area contributed by atoms with Crippen molar-refractivity contribution in [2.45, 2.75) is 32.2 Å². The highest BCUT2D eigenvalue weighted by Gasteiger charge is 2.17. The molecule has 21 heavy (non-hydrogen) atoms. The van der Waals surface area contributed by atoms with Gasteiger partial charge in [0.15, 0.2) is 5.58 Å². The zero-order valence-corrected chi connectivity index (χ0v) is 12.4. The number of fused-ring (bicyclic) bond motifs is 1. The Balaban J connectivity index is 1.74. The second-order valence-corrected chi connectivity index (χ2v) is 5.76. The number of piperidine rings is 1. The van der Waals surface area contributed by atoms with Gasteiger partial charge in [0.2, 0.25) is 5.91 Å². The van der Waals surface area contributed by atoms with Gasteiger partial charge in [0, 0.05) is 37.1 Å². The predicted molar refractivity (Wildman–Crippen MR) is 80.5 cm³/mol. The van der Waals surface area contributed by atoms with Crippen LogP contribution >= 0.6 is 11.6 Å². The molecule has 0 unspecified atom stereocenters. The Morgan fingerprint density at radius 2 is 2.00 bits per heavy atom. The molecular weight excluding hydrogens is 292 g/mol. The number of benzene rings is 1. The number of nitrogens with zero attached hydrogens (tertiary/aromatic N) is 2. The van der Waals surface area contributed by atoms with Crippen molar-refractivity contribution in [1.29, 1.82) is 0 Å². The van der Waals surface area contributed by atoms with Gasteiger partial charge in [-0.15, -0.1) is 0 Å². The van der Waals surface area contributed by atoms with Crippen molar-refractivity contribution < 1.29 is 9.21 Å². The summed E-state index contributed by atoms with van der Waals surface area (Å²) in [4.78, 5) is 25.9. The van der Waals surface area contributed by atoms with Crippen LogP contribution in [-0.4, -0.2) is 28.5 Å². The number of oxazole rings is 1. The third kappa shape index (κ3) is 2.97. The van der Waals surface area contributed by atoms with Gasteiger partial charge in [0.25, 0.3) is 0 Å². The monoisotopic (exact) mass is 308 g/mol. The van der Waals surface area contributed by atoms with Gasteiger partial charge in [-0.25, -0.2) is 4.79 Å². The quantitative estimate of drug-likeness (QED) is 0.876. The van der Waals surface area contributed by atoms with Crippen LogP contribution in [0.2, 0.25) is 5.02 Å². The van der Waals surface area contributed by atoms with E-state index in [0.29, 0.717) is 29.1 Å². The van der Waals surface area contributed by atoms with Gasteiger partial charge < -0.3 is 9.32 Å². The zero-order valence-electron chi connectivity index (χ0n) is 11.7. The van der Waals surface area contributed by atoms with Crippen molar-refractivity contribution >= 4 is 28.6 Å². The summed E-state index contributed by atoms with van der Waals surface area (Å²) in [6.45, 7) is 1.99. The second-order valence-electron chi connectivity index (χ2n) is 5.32.